The van der Waals surface area contributed by atoms with Gasteiger partial charge in [0.1, 0.15) is 0 Å². The van der Waals surface area contributed by atoms with Crippen molar-refractivity contribution in [2.75, 3.05) is 13.6 Å². The third kappa shape index (κ3) is 1.39. The van der Waals surface area contributed by atoms with Gasteiger partial charge >= 0.3 is 6.30 Å². The highest BCUT2D eigenvalue weighted by Gasteiger charge is 2.53. The minimum Gasteiger partial charge on any atom is -0.218 e. The van der Waals surface area contributed by atoms with E-state index < -0.39 is 6.30 Å². The number of alkyl halides is 3. The third-order valence-corrected chi connectivity index (χ3v) is 2.98. The van der Waals surface area contributed by atoms with Gasteiger partial charge in [-0.15, -0.1) is 13.2 Å². The van der Waals surface area contributed by atoms with Crippen LogP contribution in [0.4, 0.5) is 13.2 Å². The average Bonchev–Trinajstić information content (AvgIpc) is 2.60. The maximum absolute atomic E-state index is 12.7. The Balaban J connectivity index is 2.25. The smallest absolute Gasteiger partial charge is 0.218 e. The molecule has 0 saturated heterocycles. The summed E-state index contributed by atoms with van der Waals surface area (Å²) >= 11 is 0. The zero-order chi connectivity index (χ0) is 10.6. The van der Waals surface area contributed by atoms with E-state index in [1.165, 1.54) is 12.1 Å². The Labute approximate surface area is 80.9 Å². The summed E-state index contributed by atoms with van der Waals surface area (Å²) in [6, 6.07) is 0. The molecule has 2 rings (SSSR count). The second-order valence-corrected chi connectivity index (χ2v) is 4.27. The molecule has 0 atom stereocenters. The molecule has 1 heterocycles. The van der Waals surface area contributed by atoms with E-state index >= 15 is 0 Å². The maximum Gasteiger partial charge on any atom is 0.498 e. The fourth-order valence-electron chi connectivity index (χ4n) is 1.85. The van der Waals surface area contributed by atoms with Crippen LogP contribution < -0.4 is 0 Å². The molecule has 0 aromatic carbocycles. The Morgan fingerprint density at radius 1 is 1.36 bits per heavy atom. The van der Waals surface area contributed by atoms with Crippen LogP contribution in [0, 0.1) is 5.41 Å². The molecule has 0 N–H and O–H groups in total. The molecule has 2 aliphatic rings. The van der Waals surface area contributed by atoms with Crippen molar-refractivity contribution in [2.45, 2.75) is 26.1 Å². The van der Waals surface area contributed by atoms with Gasteiger partial charge in [0.2, 0.25) is 0 Å². The zero-order valence-electron chi connectivity index (χ0n) is 8.23. The molecular weight excluding hydrogens is 193 g/mol. The highest BCUT2D eigenvalue weighted by molar-refractivity contribution is 5.22. The minimum atomic E-state index is -4.29. The van der Waals surface area contributed by atoms with Crippen LogP contribution in [0.25, 0.3) is 0 Å². The van der Waals surface area contributed by atoms with Gasteiger partial charge in [0.15, 0.2) is 0 Å². The highest BCUT2D eigenvalue weighted by Crippen LogP contribution is 2.55. The summed E-state index contributed by atoms with van der Waals surface area (Å²) < 4.78 is 38.0. The average molecular weight is 206 g/mol. The molecule has 2 nitrogen and oxygen atoms in total. The fourth-order valence-corrected chi connectivity index (χ4v) is 1.85. The molecule has 0 amide bonds. The van der Waals surface area contributed by atoms with Crippen LogP contribution in [0.3, 0.4) is 0 Å². The van der Waals surface area contributed by atoms with Crippen LogP contribution in [-0.2, 0) is 0 Å². The lowest BCUT2D eigenvalue weighted by molar-refractivity contribution is -0.288. The van der Waals surface area contributed by atoms with Gasteiger partial charge in [0.05, 0.1) is 0 Å². The number of hydrazine groups is 1. The van der Waals surface area contributed by atoms with E-state index in [0.29, 0.717) is 17.3 Å². The Bertz CT molecular complexity index is 278. The normalized spacial score (nSPS) is 26.6. The molecule has 5 heteroatoms. The molecule has 0 spiro atoms. The summed E-state index contributed by atoms with van der Waals surface area (Å²) in [4.78, 5) is 0. The van der Waals surface area contributed by atoms with Crippen LogP contribution in [-0.4, -0.2) is 29.9 Å². The van der Waals surface area contributed by atoms with Gasteiger partial charge in [-0.25, -0.2) is 10.0 Å². The van der Waals surface area contributed by atoms with Crippen molar-refractivity contribution in [3.8, 4) is 0 Å². The quantitative estimate of drug-likeness (QED) is 0.608. The molecule has 0 unspecified atom stereocenters. The molecule has 14 heavy (non-hydrogen) atoms. The number of halogens is 3. The fraction of sp³-hybridized carbons (Fsp3) is 0.778. The summed E-state index contributed by atoms with van der Waals surface area (Å²) in [7, 11) is 1.46. The predicted octanol–water partition coefficient (Wildman–Crippen LogP) is 2.35. The Hall–Kier alpha value is -0.710. The van der Waals surface area contributed by atoms with Crippen molar-refractivity contribution in [3.63, 3.8) is 0 Å². The summed E-state index contributed by atoms with van der Waals surface area (Å²) in [5.41, 5.74) is 0.188. The SMILES string of the molecule is CN1CC=C(C2(C)CC2)N1C(F)(F)F. The molecule has 1 saturated carbocycles. The van der Waals surface area contributed by atoms with Gasteiger partial charge in [0.25, 0.3) is 0 Å². The first-order chi connectivity index (χ1) is 6.34. The van der Waals surface area contributed by atoms with Crippen LogP contribution in [0.5, 0.6) is 0 Å². The molecule has 0 aromatic rings. The highest BCUT2D eigenvalue weighted by atomic mass is 19.4. The van der Waals surface area contributed by atoms with Crippen molar-refractivity contribution in [2.24, 2.45) is 5.41 Å². The van der Waals surface area contributed by atoms with E-state index in [-0.39, 0.29) is 5.41 Å². The minimum absolute atomic E-state index is 0.236. The van der Waals surface area contributed by atoms with Gasteiger partial charge < -0.3 is 0 Å². The summed E-state index contributed by atoms with van der Waals surface area (Å²) in [6.07, 6.45) is -0.887. The van der Waals surface area contributed by atoms with Gasteiger partial charge in [-0.1, -0.05) is 6.92 Å². The van der Waals surface area contributed by atoms with Crippen molar-refractivity contribution in [1.29, 1.82) is 0 Å². The number of likely N-dealkylation sites (N-methyl/N-ethyl adjacent to an activating group) is 1. The lowest BCUT2D eigenvalue weighted by atomic mass is 10.1. The summed E-state index contributed by atoms with van der Waals surface area (Å²) in [6.45, 7) is 2.24. The first kappa shape index (κ1) is 9.83. The number of hydrogen-bond acceptors (Lipinski definition) is 2. The van der Waals surface area contributed by atoms with Crippen LogP contribution in [0.1, 0.15) is 19.8 Å². The van der Waals surface area contributed by atoms with Crippen molar-refractivity contribution in [3.05, 3.63) is 11.8 Å². The van der Waals surface area contributed by atoms with E-state index in [2.05, 4.69) is 0 Å². The monoisotopic (exact) mass is 206 g/mol. The van der Waals surface area contributed by atoms with E-state index in [9.17, 15) is 13.2 Å². The molecule has 0 bridgehead atoms. The number of rotatable bonds is 1. The van der Waals surface area contributed by atoms with Crippen LogP contribution >= 0.6 is 0 Å². The third-order valence-electron chi connectivity index (χ3n) is 2.98. The van der Waals surface area contributed by atoms with E-state index in [4.69, 9.17) is 0 Å². The number of hydrogen-bond donors (Lipinski definition) is 0. The predicted molar refractivity (Wildman–Crippen MR) is 45.9 cm³/mol. The van der Waals surface area contributed by atoms with Crippen molar-refractivity contribution in [1.82, 2.24) is 10.0 Å². The second kappa shape index (κ2) is 2.66. The Morgan fingerprint density at radius 2 is 1.93 bits per heavy atom. The van der Waals surface area contributed by atoms with Crippen LogP contribution in [0.15, 0.2) is 11.8 Å². The molecule has 0 aromatic heterocycles. The zero-order valence-corrected chi connectivity index (χ0v) is 8.23. The lowest BCUT2D eigenvalue weighted by Crippen LogP contribution is -2.46. The van der Waals surface area contributed by atoms with Gasteiger partial charge in [-0.05, 0) is 18.9 Å². The second-order valence-electron chi connectivity index (χ2n) is 4.27. The molecule has 1 fully saturated rings. The lowest BCUT2D eigenvalue weighted by Gasteiger charge is -2.33. The summed E-state index contributed by atoms with van der Waals surface area (Å²) in [5, 5.41) is 1.68. The topological polar surface area (TPSA) is 6.48 Å². The number of nitrogens with zero attached hydrogens (tertiary/aromatic N) is 2. The molecule has 80 valence electrons. The van der Waals surface area contributed by atoms with Gasteiger partial charge in [0, 0.05) is 24.7 Å². The van der Waals surface area contributed by atoms with E-state index in [1.54, 1.807) is 6.08 Å². The molecule has 1 aliphatic heterocycles. The Kier molecular flexibility index (Phi) is 1.86. The van der Waals surface area contributed by atoms with Gasteiger partial charge in [-0.3, -0.25) is 0 Å². The largest absolute Gasteiger partial charge is 0.498 e. The summed E-state index contributed by atoms with van der Waals surface area (Å²) in [5.74, 6) is 0. The van der Waals surface area contributed by atoms with Crippen LogP contribution in [0.2, 0.25) is 0 Å². The van der Waals surface area contributed by atoms with Gasteiger partial charge in [-0.2, -0.15) is 0 Å². The molecule has 1 aliphatic carbocycles. The first-order valence-electron chi connectivity index (χ1n) is 4.63. The van der Waals surface area contributed by atoms with Crippen molar-refractivity contribution < 1.29 is 13.2 Å². The molecule has 0 radical (unpaired) electrons. The Morgan fingerprint density at radius 3 is 2.36 bits per heavy atom. The maximum atomic E-state index is 12.7. The molecular formula is C9H13F3N2. The van der Waals surface area contributed by atoms with E-state index in [1.807, 2.05) is 6.92 Å². The standard InChI is InChI=1S/C9H13F3N2/c1-8(4-5-8)7-3-6-13(2)14(7)9(10,11)12/h3H,4-6H2,1-2H3. The van der Waals surface area contributed by atoms with E-state index in [0.717, 1.165) is 12.8 Å². The van der Waals surface area contributed by atoms with Crippen molar-refractivity contribution >= 4 is 0 Å². The number of allylic oxidation sites excluding steroid dienone is 1. The first-order valence-corrected chi connectivity index (χ1v) is 4.63.